The summed E-state index contributed by atoms with van der Waals surface area (Å²) in [5.41, 5.74) is 38.3. The number of methoxy groups -OCH3 is 4. The van der Waals surface area contributed by atoms with Crippen molar-refractivity contribution in [3.05, 3.63) is 112 Å². The molecule has 0 saturated carbocycles. The van der Waals surface area contributed by atoms with Crippen molar-refractivity contribution in [3.63, 3.8) is 0 Å². The number of benzene rings is 4. The number of nitrogens with one attached hydrogen (secondary N) is 1. The van der Waals surface area contributed by atoms with Crippen molar-refractivity contribution in [2.45, 2.75) is 239 Å². The lowest BCUT2D eigenvalue weighted by Gasteiger charge is -2.35. The van der Waals surface area contributed by atoms with E-state index in [1.54, 1.807) is 50.4 Å². The van der Waals surface area contributed by atoms with E-state index in [1.165, 1.54) is 21.3 Å². The molecule has 4 aromatic rings. The number of carbonyl (C=O) groups is 8. The van der Waals surface area contributed by atoms with Crippen LogP contribution >= 0.6 is 0 Å². The summed E-state index contributed by atoms with van der Waals surface area (Å²) in [6.45, 7) is 18.9. The number of ether oxygens (including phenoxy) is 4. The Hall–Kier alpha value is -7.36. The Morgan fingerprint density at radius 2 is 0.865 bits per heavy atom. The van der Waals surface area contributed by atoms with Gasteiger partial charge >= 0.3 is 0 Å². The standard InChI is InChI=1S/C84H129N7O13/c1-52(59(8)81(89)97)21-20-24-65(73(93)38-29-53(2)63-34-41-77(103-12)69(49-63)82(90)98)47-58(7)84(9,100)70-50-64(35-42-78(70)104-13)55(4)28-37-72(92)60(22-14-17-44-85)31-26-56(5)80(96)68-51-66(36-43-76(68)102-11)91-83(99)61(23-15-18-45-86)32-27-57(6)79(95)67-48-62(33-40-75(67)101-10)54(3)30-39-74(94)71(88)25-16-19-46-87/h33-36,40-43,48-61,65,71,100H,14-32,37-39,44-47,85-88H2,1-13H3,(H2,89,97)(H2,90,98)(H,91,99). The number of ketones is 5. The van der Waals surface area contributed by atoms with Gasteiger partial charge in [-0.1, -0.05) is 99.3 Å². The summed E-state index contributed by atoms with van der Waals surface area (Å²) in [6.07, 6.45) is 12.9. The SMILES string of the molecule is COc1ccc(C(C)CCC(=O)C(CCCC(C)C(C)C(N)=O)CC(C)C(C)(O)c2cc(C(C)CCC(=O)C(CCCCN)CCC(C)C(=O)c3cc(NC(=O)C(CCCCN)CCC(C)C(=O)c4cc(C(C)CCC(=O)C(N)CCCCN)ccc4OC)ccc3OC)ccc2OC)cc1C(N)=O. The van der Waals surface area contributed by atoms with Gasteiger partial charge in [0.2, 0.25) is 11.8 Å². The summed E-state index contributed by atoms with van der Waals surface area (Å²) in [7, 11) is 6.06. The minimum absolute atomic E-state index is 0.0147. The van der Waals surface area contributed by atoms with Crippen molar-refractivity contribution >= 4 is 52.3 Å². The molecule has 3 amide bonds. The zero-order valence-electron chi connectivity index (χ0n) is 65.1. The Bertz CT molecular complexity index is 3410. The van der Waals surface area contributed by atoms with Crippen LogP contribution in [0.15, 0.2) is 72.8 Å². The van der Waals surface area contributed by atoms with Crippen molar-refractivity contribution in [1.82, 2.24) is 0 Å². The van der Waals surface area contributed by atoms with Gasteiger partial charge in [0.15, 0.2) is 11.6 Å². The molecule has 104 heavy (non-hydrogen) atoms. The van der Waals surface area contributed by atoms with Crippen LogP contribution in [0.2, 0.25) is 0 Å². The van der Waals surface area contributed by atoms with E-state index >= 15 is 0 Å². The third-order valence-corrected chi connectivity index (χ3v) is 22.2. The van der Waals surface area contributed by atoms with Crippen LogP contribution in [0.1, 0.15) is 281 Å². The van der Waals surface area contributed by atoms with Crippen LogP contribution < -0.4 is 58.7 Å². The molecule has 0 fully saturated rings. The Balaban J connectivity index is 1.46. The summed E-state index contributed by atoms with van der Waals surface area (Å²) in [5, 5.41) is 15.8. The lowest BCUT2D eigenvalue weighted by molar-refractivity contribution is -0.125. The molecule has 4 rings (SSSR count). The lowest BCUT2D eigenvalue weighted by Crippen LogP contribution is -2.33. The van der Waals surface area contributed by atoms with E-state index in [1.807, 2.05) is 84.9 Å². The van der Waals surface area contributed by atoms with E-state index in [9.17, 15) is 43.5 Å². The van der Waals surface area contributed by atoms with Gasteiger partial charge in [-0.15, -0.1) is 0 Å². The number of primary amides is 2. The average Bonchev–Trinajstić information content (AvgIpc) is 0.770. The first-order chi connectivity index (χ1) is 49.4. The normalized spacial score (nSPS) is 15.6. The summed E-state index contributed by atoms with van der Waals surface area (Å²) in [4.78, 5) is 109. The number of unbranched alkanes of at least 4 members (excludes halogenated alkanes) is 3. The number of anilines is 1. The summed E-state index contributed by atoms with van der Waals surface area (Å²) < 4.78 is 22.7. The van der Waals surface area contributed by atoms with Crippen LogP contribution in [0.3, 0.4) is 0 Å². The Labute approximate surface area is 621 Å². The number of nitrogens with two attached hydrogens (primary N) is 6. The predicted octanol–water partition coefficient (Wildman–Crippen LogP) is 14.1. The molecule has 20 nitrogen and oxygen atoms in total. The molecule has 0 spiro atoms. The molecule has 13 atom stereocenters. The van der Waals surface area contributed by atoms with Crippen molar-refractivity contribution < 1.29 is 62.4 Å². The molecule has 0 bridgehead atoms. The fraction of sp³-hybridized carbons (Fsp3) is 0.619. The zero-order valence-corrected chi connectivity index (χ0v) is 65.1. The molecular formula is C84H129N7O13. The second-order valence-electron chi connectivity index (χ2n) is 30.0. The third-order valence-electron chi connectivity index (χ3n) is 22.2. The van der Waals surface area contributed by atoms with Crippen LogP contribution in [0.5, 0.6) is 23.0 Å². The maximum Gasteiger partial charge on any atom is 0.252 e. The highest BCUT2D eigenvalue weighted by Crippen LogP contribution is 2.43. The van der Waals surface area contributed by atoms with E-state index < -0.39 is 47.1 Å². The van der Waals surface area contributed by atoms with Crippen molar-refractivity contribution in [2.24, 2.45) is 81.7 Å². The van der Waals surface area contributed by atoms with Gasteiger partial charge in [0.05, 0.1) is 56.8 Å². The molecular weight excluding hydrogens is 1310 g/mol. The van der Waals surface area contributed by atoms with Gasteiger partial charge in [0.1, 0.15) is 40.3 Å². The van der Waals surface area contributed by atoms with Gasteiger partial charge in [-0.25, -0.2) is 0 Å². The molecule has 4 aromatic carbocycles. The maximum atomic E-state index is 14.5. The molecule has 0 aromatic heterocycles. The Morgan fingerprint density at radius 1 is 0.452 bits per heavy atom. The quantitative estimate of drug-likeness (QED) is 0.0150. The number of aliphatic hydroxyl groups is 1. The first kappa shape index (κ1) is 89.0. The molecule has 0 saturated heterocycles. The van der Waals surface area contributed by atoms with Crippen LogP contribution in [-0.4, -0.2) is 106 Å². The molecule has 578 valence electrons. The highest BCUT2D eigenvalue weighted by Gasteiger charge is 2.37. The van der Waals surface area contributed by atoms with Crippen LogP contribution in [0.25, 0.3) is 0 Å². The van der Waals surface area contributed by atoms with E-state index in [4.69, 9.17) is 53.3 Å². The summed E-state index contributed by atoms with van der Waals surface area (Å²) >= 11 is 0. The van der Waals surface area contributed by atoms with Gasteiger partial charge in [0, 0.05) is 66.0 Å². The monoisotopic (exact) mass is 1440 g/mol. The number of hydrogen-bond acceptors (Lipinski definition) is 17. The molecule has 0 aliphatic rings. The number of amides is 3. The summed E-state index contributed by atoms with van der Waals surface area (Å²) in [6, 6.07) is 21.2. The Morgan fingerprint density at radius 3 is 1.36 bits per heavy atom. The number of Topliss-reactive ketones (excluding diaryl/α,β-unsaturated/α-hetero) is 5. The van der Waals surface area contributed by atoms with Gasteiger partial charge in [-0.3, -0.25) is 38.4 Å². The van der Waals surface area contributed by atoms with Crippen LogP contribution in [-0.2, 0) is 29.6 Å². The number of carbonyl (C=O) groups excluding carboxylic acids is 8. The molecule has 14 N–H and O–H groups in total. The van der Waals surface area contributed by atoms with Crippen LogP contribution in [0, 0.1) is 47.3 Å². The minimum atomic E-state index is -1.46. The molecule has 0 aliphatic heterocycles. The molecule has 0 aliphatic carbocycles. The van der Waals surface area contributed by atoms with Gasteiger partial charge < -0.3 is 63.8 Å². The largest absolute Gasteiger partial charge is 0.496 e. The molecule has 0 radical (unpaired) electrons. The molecule has 13 unspecified atom stereocenters. The number of rotatable bonds is 54. The zero-order chi connectivity index (χ0) is 77.4. The smallest absolute Gasteiger partial charge is 0.252 e. The fourth-order valence-corrected chi connectivity index (χ4v) is 14.1. The maximum absolute atomic E-state index is 14.5. The fourth-order valence-electron chi connectivity index (χ4n) is 14.1. The first-order valence-electron chi connectivity index (χ1n) is 38.3. The minimum Gasteiger partial charge on any atom is -0.496 e. The first-order valence-corrected chi connectivity index (χ1v) is 38.3. The predicted molar refractivity (Wildman–Crippen MR) is 414 cm³/mol. The average molecular weight is 1440 g/mol. The highest BCUT2D eigenvalue weighted by atomic mass is 16.5. The van der Waals surface area contributed by atoms with Gasteiger partial charge in [-0.05, 0) is 230 Å². The number of hydrogen-bond donors (Lipinski definition) is 8. The van der Waals surface area contributed by atoms with Gasteiger partial charge in [-0.2, -0.15) is 0 Å². The Kier molecular flexibility index (Phi) is 38.7. The third kappa shape index (κ3) is 27.2. The van der Waals surface area contributed by atoms with E-state index in [0.717, 1.165) is 48.8 Å². The summed E-state index contributed by atoms with van der Waals surface area (Å²) in [5.74, 6) is -2.76. The highest BCUT2D eigenvalue weighted by molar-refractivity contribution is 6.03. The van der Waals surface area contributed by atoms with Crippen molar-refractivity contribution in [3.8, 4) is 23.0 Å². The van der Waals surface area contributed by atoms with E-state index in [2.05, 4.69) is 12.2 Å². The molecule has 20 heteroatoms. The van der Waals surface area contributed by atoms with E-state index in [-0.39, 0.29) is 94.6 Å². The topological polar surface area (TPSA) is 362 Å². The van der Waals surface area contributed by atoms with E-state index in [0.29, 0.717) is 168 Å². The molecule has 0 heterocycles. The second-order valence-corrected chi connectivity index (χ2v) is 30.0. The van der Waals surface area contributed by atoms with Gasteiger partial charge in [0.25, 0.3) is 5.91 Å². The van der Waals surface area contributed by atoms with Crippen LogP contribution in [0.4, 0.5) is 5.69 Å². The lowest BCUT2D eigenvalue weighted by atomic mass is 9.75. The second kappa shape index (κ2) is 45.2. The van der Waals surface area contributed by atoms with Crippen molar-refractivity contribution in [1.29, 1.82) is 0 Å². The van der Waals surface area contributed by atoms with Crippen molar-refractivity contribution in [2.75, 3.05) is 53.4 Å².